The lowest BCUT2D eigenvalue weighted by Gasteiger charge is -2.13. The Bertz CT molecular complexity index is 549. The van der Waals surface area contributed by atoms with Gasteiger partial charge in [0.15, 0.2) is 0 Å². The molecular weight excluding hydrogens is 240 g/mol. The van der Waals surface area contributed by atoms with Crippen molar-refractivity contribution in [1.82, 2.24) is 24.8 Å². The standard InChI is InChI=1S/C13H20N6/c1-10-13(14-7-12-8-15-17-18(12)2)9-16-19(10)11-5-3-4-6-11/h8-9,11,14H,3-7H2,1-2H3. The average Bonchev–Trinajstić information content (AvgIpc) is 3.09. The quantitative estimate of drug-likeness (QED) is 0.914. The number of nitrogens with one attached hydrogen (secondary N) is 1. The normalized spacial score (nSPS) is 16.1. The summed E-state index contributed by atoms with van der Waals surface area (Å²) in [5, 5.41) is 15.8. The zero-order valence-corrected chi connectivity index (χ0v) is 11.5. The van der Waals surface area contributed by atoms with Crippen molar-refractivity contribution >= 4 is 5.69 Å². The number of aryl methyl sites for hydroxylation is 1. The molecule has 6 nitrogen and oxygen atoms in total. The van der Waals surface area contributed by atoms with E-state index in [2.05, 4.69) is 32.3 Å². The van der Waals surface area contributed by atoms with E-state index in [0.29, 0.717) is 6.04 Å². The van der Waals surface area contributed by atoms with Gasteiger partial charge in [0.2, 0.25) is 0 Å². The third kappa shape index (κ3) is 2.34. The Hall–Kier alpha value is -1.85. The number of rotatable bonds is 4. The van der Waals surface area contributed by atoms with Crippen molar-refractivity contribution in [3.05, 3.63) is 23.8 Å². The number of nitrogens with zero attached hydrogens (tertiary/aromatic N) is 5. The maximum Gasteiger partial charge on any atom is 0.0774 e. The molecule has 0 saturated heterocycles. The second kappa shape index (κ2) is 5.03. The first kappa shape index (κ1) is 12.2. The van der Waals surface area contributed by atoms with Crippen LogP contribution in [0.15, 0.2) is 12.4 Å². The summed E-state index contributed by atoms with van der Waals surface area (Å²) in [6.07, 6.45) is 8.88. The van der Waals surface area contributed by atoms with Gasteiger partial charge in [0.25, 0.3) is 0 Å². The van der Waals surface area contributed by atoms with Crippen LogP contribution in [0.1, 0.15) is 43.1 Å². The maximum atomic E-state index is 4.54. The zero-order valence-electron chi connectivity index (χ0n) is 11.5. The summed E-state index contributed by atoms with van der Waals surface area (Å²) in [6.45, 7) is 2.86. The highest BCUT2D eigenvalue weighted by Crippen LogP contribution is 2.31. The Balaban J connectivity index is 1.70. The molecule has 2 aromatic heterocycles. The molecule has 0 spiro atoms. The largest absolute Gasteiger partial charge is 0.377 e. The van der Waals surface area contributed by atoms with Crippen molar-refractivity contribution in [2.45, 2.75) is 45.2 Å². The third-order valence-electron chi connectivity index (χ3n) is 3.98. The SMILES string of the molecule is Cc1c(NCc2cnnn2C)cnn1C1CCCC1. The number of aromatic nitrogens is 5. The first-order chi connectivity index (χ1) is 9.25. The minimum absolute atomic E-state index is 0.592. The van der Waals surface area contributed by atoms with Gasteiger partial charge in [-0.3, -0.25) is 9.36 Å². The molecule has 1 aliphatic carbocycles. The van der Waals surface area contributed by atoms with E-state index in [1.165, 1.54) is 31.4 Å². The first-order valence-electron chi connectivity index (χ1n) is 6.87. The molecule has 1 N–H and O–H groups in total. The highest BCUT2D eigenvalue weighted by molar-refractivity contribution is 5.46. The van der Waals surface area contributed by atoms with Gasteiger partial charge in [-0.2, -0.15) is 5.10 Å². The molecule has 2 heterocycles. The lowest BCUT2D eigenvalue weighted by Crippen LogP contribution is -2.09. The fraction of sp³-hybridized carbons (Fsp3) is 0.615. The van der Waals surface area contributed by atoms with Gasteiger partial charge < -0.3 is 5.32 Å². The Morgan fingerprint density at radius 2 is 2.11 bits per heavy atom. The Morgan fingerprint density at radius 3 is 2.79 bits per heavy atom. The topological polar surface area (TPSA) is 60.6 Å². The lowest BCUT2D eigenvalue weighted by atomic mass is 10.2. The van der Waals surface area contributed by atoms with Crippen LogP contribution in [0.3, 0.4) is 0 Å². The molecule has 0 amide bonds. The molecule has 0 unspecified atom stereocenters. The van der Waals surface area contributed by atoms with E-state index in [0.717, 1.165) is 17.9 Å². The second-order valence-corrected chi connectivity index (χ2v) is 5.23. The van der Waals surface area contributed by atoms with Crippen molar-refractivity contribution in [2.24, 2.45) is 7.05 Å². The maximum absolute atomic E-state index is 4.54. The summed E-state index contributed by atoms with van der Waals surface area (Å²) in [4.78, 5) is 0. The van der Waals surface area contributed by atoms with Crippen LogP contribution >= 0.6 is 0 Å². The van der Waals surface area contributed by atoms with Crippen molar-refractivity contribution < 1.29 is 0 Å². The van der Waals surface area contributed by atoms with Gasteiger partial charge in [-0.05, 0) is 19.8 Å². The smallest absolute Gasteiger partial charge is 0.0774 e. The second-order valence-electron chi connectivity index (χ2n) is 5.23. The molecule has 0 aromatic carbocycles. The summed E-state index contributed by atoms with van der Waals surface area (Å²) in [7, 11) is 1.90. The van der Waals surface area contributed by atoms with E-state index in [-0.39, 0.29) is 0 Å². The predicted molar refractivity (Wildman–Crippen MR) is 72.8 cm³/mol. The van der Waals surface area contributed by atoms with Crippen LogP contribution in [0.2, 0.25) is 0 Å². The molecule has 6 heteroatoms. The molecule has 0 radical (unpaired) electrons. The van der Waals surface area contributed by atoms with Crippen LogP contribution in [0.25, 0.3) is 0 Å². The van der Waals surface area contributed by atoms with Crippen LogP contribution < -0.4 is 5.32 Å². The fourth-order valence-electron chi connectivity index (χ4n) is 2.77. The van der Waals surface area contributed by atoms with Crippen LogP contribution in [0.4, 0.5) is 5.69 Å². The van der Waals surface area contributed by atoms with Gasteiger partial charge in [0.05, 0.1) is 42.1 Å². The summed E-state index contributed by atoms with van der Waals surface area (Å²) in [5.41, 5.74) is 3.39. The van der Waals surface area contributed by atoms with Crippen LogP contribution in [-0.2, 0) is 13.6 Å². The van der Waals surface area contributed by atoms with Crippen molar-refractivity contribution in [3.63, 3.8) is 0 Å². The Labute approximate surface area is 112 Å². The molecule has 0 atom stereocenters. The Kier molecular flexibility index (Phi) is 3.23. The summed E-state index contributed by atoms with van der Waals surface area (Å²) in [5.74, 6) is 0. The lowest BCUT2D eigenvalue weighted by molar-refractivity contribution is 0.457. The van der Waals surface area contributed by atoms with Gasteiger partial charge in [-0.25, -0.2) is 0 Å². The van der Waals surface area contributed by atoms with Crippen LogP contribution in [0.5, 0.6) is 0 Å². The minimum atomic E-state index is 0.592. The van der Waals surface area contributed by atoms with Crippen molar-refractivity contribution in [3.8, 4) is 0 Å². The molecule has 0 aliphatic heterocycles. The van der Waals surface area contributed by atoms with E-state index in [9.17, 15) is 0 Å². The molecule has 102 valence electrons. The first-order valence-corrected chi connectivity index (χ1v) is 6.87. The fourth-order valence-corrected chi connectivity index (χ4v) is 2.77. The summed E-state index contributed by atoms with van der Waals surface area (Å²) in [6, 6.07) is 0.592. The Morgan fingerprint density at radius 1 is 1.32 bits per heavy atom. The highest BCUT2D eigenvalue weighted by atomic mass is 15.4. The van der Waals surface area contributed by atoms with Gasteiger partial charge in [-0.15, -0.1) is 5.10 Å². The third-order valence-corrected chi connectivity index (χ3v) is 3.98. The number of hydrogen-bond donors (Lipinski definition) is 1. The number of anilines is 1. The van der Waals surface area contributed by atoms with Crippen molar-refractivity contribution in [2.75, 3.05) is 5.32 Å². The minimum Gasteiger partial charge on any atom is -0.377 e. The highest BCUT2D eigenvalue weighted by Gasteiger charge is 2.20. The number of hydrogen-bond acceptors (Lipinski definition) is 4. The van der Waals surface area contributed by atoms with E-state index >= 15 is 0 Å². The van der Waals surface area contributed by atoms with Gasteiger partial charge in [0, 0.05) is 7.05 Å². The summed E-state index contributed by atoms with van der Waals surface area (Å²) >= 11 is 0. The molecule has 1 fully saturated rings. The molecule has 3 rings (SSSR count). The van der Waals surface area contributed by atoms with E-state index in [1.54, 1.807) is 10.9 Å². The molecule has 1 aliphatic rings. The zero-order chi connectivity index (χ0) is 13.2. The van der Waals surface area contributed by atoms with E-state index in [4.69, 9.17) is 0 Å². The van der Waals surface area contributed by atoms with E-state index in [1.807, 2.05) is 13.2 Å². The van der Waals surface area contributed by atoms with Gasteiger partial charge in [0.1, 0.15) is 0 Å². The predicted octanol–water partition coefficient (Wildman–Crippen LogP) is 2.05. The van der Waals surface area contributed by atoms with Gasteiger partial charge >= 0.3 is 0 Å². The van der Waals surface area contributed by atoms with Gasteiger partial charge in [-0.1, -0.05) is 18.1 Å². The molecule has 1 saturated carbocycles. The van der Waals surface area contributed by atoms with Crippen molar-refractivity contribution in [1.29, 1.82) is 0 Å². The van der Waals surface area contributed by atoms with E-state index < -0.39 is 0 Å². The molecular formula is C13H20N6. The molecule has 19 heavy (non-hydrogen) atoms. The van der Waals surface area contributed by atoms with Crippen LogP contribution in [-0.4, -0.2) is 24.8 Å². The van der Waals surface area contributed by atoms with Crippen LogP contribution in [0, 0.1) is 6.92 Å². The molecule has 0 bridgehead atoms. The average molecular weight is 260 g/mol. The monoisotopic (exact) mass is 260 g/mol. The molecule has 2 aromatic rings. The summed E-state index contributed by atoms with van der Waals surface area (Å²) < 4.78 is 3.96.